The van der Waals surface area contributed by atoms with Crippen LogP contribution in [0.2, 0.25) is 5.02 Å². The molecule has 0 saturated carbocycles. The van der Waals surface area contributed by atoms with E-state index in [1.165, 1.54) is 67.7 Å². The first-order chi connectivity index (χ1) is 18.0. The van der Waals surface area contributed by atoms with Crippen LogP contribution in [0.3, 0.4) is 0 Å². The number of benzene rings is 4. The van der Waals surface area contributed by atoms with Crippen LogP contribution in [-0.4, -0.2) is 29.8 Å². The fourth-order valence-electron chi connectivity index (χ4n) is 3.55. The van der Waals surface area contributed by atoms with Crippen LogP contribution >= 0.6 is 11.6 Å². The molecule has 0 radical (unpaired) electrons. The summed E-state index contributed by atoms with van der Waals surface area (Å²) in [5, 5.41) is 3.15. The molecular weight excluding hydrogens is 546 g/mol. The number of amides is 1. The van der Waals surface area contributed by atoms with Gasteiger partial charge < -0.3 is 5.32 Å². The van der Waals surface area contributed by atoms with Gasteiger partial charge in [-0.1, -0.05) is 35.9 Å². The molecule has 196 valence electrons. The highest BCUT2D eigenvalue weighted by molar-refractivity contribution is 7.93. The maximum Gasteiger partial charge on any atom is 0.264 e. The zero-order valence-corrected chi connectivity index (χ0v) is 22.8. The average molecular weight is 570 g/mol. The second-order valence-corrected chi connectivity index (χ2v) is 12.4. The van der Waals surface area contributed by atoms with Crippen molar-refractivity contribution < 1.29 is 21.6 Å². The molecule has 4 rings (SSSR count). The van der Waals surface area contributed by atoms with E-state index in [9.17, 15) is 21.6 Å². The van der Waals surface area contributed by atoms with Crippen molar-refractivity contribution in [3.63, 3.8) is 0 Å². The van der Waals surface area contributed by atoms with Gasteiger partial charge in [-0.05, 0) is 85.3 Å². The van der Waals surface area contributed by atoms with Gasteiger partial charge in [0, 0.05) is 23.3 Å². The Morgan fingerprint density at radius 2 is 1.39 bits per heavy atom. The molecule has 0 atom stereocenters. The van der Waals surface area contributed by atoms with Crippen molar-refractivity contribution in [1.82, 2.24) is 0 Å². The van der Waals surface area contributed by atoms with Crippen LogP contribution < -0.4 is 14.3 Å². The Hall–Kier alpha value is -3.86. The van der Waals surface area contributed by atoms with Gasteiger partial charge in [-0.15, -0.1) is 0 Å². The molecule has 0 aromatic heterocycles. The molecule has 0 aliphatic heterocycles. The number of nitrogens with zero attached hydrogens (tertiary/aromatic N) is 1. The van der Waals surface area contributed by atoms with Gasteiger partial charge in [-0.25, -0.2) is 16.8 Å². The Kier molecular flexibility index (Phi) is 7.77. The van der Waals surface area contributed by atoms with Gasteiger partial charge >= 0.3 is 0 Å². The maximum absolute atomic E-state index is 12.8. The molecule has 2 N–H and O–H groups in total. The van der Waals surface area contributed by atoms with Crippen molar-refractivity contribution in [2.75, 3.05) is 21.4 Å². The van der Waals surface area contributed by atoms with Crippen LogP contribution in [0.15, 0.2) is 107 Å². The summed E-state index contributed by atoms with van der Waals surface area (Å²) < 4.78 is 54.9. The summed E-state index contributed by atoms with van der Waals surface area (Å²) in [7, 11) is -6.17. The largest absolute Gasteiger partial charge is 0.322 e. The molecule has 11 heteroatoms. The maximum atomic E-state index is 12.8. The minimum Gasteiger partial charge on any atom is -0.322 e. The first kappa shape index (κ1) is 27.2. The molecule has 0 heterocycles. The van der Waals surface area contributed by atoms with Gasteiger partial charge in [0.15, 0.2) is 0 Å². The normalized spacial score (nSPS) is 11.6. The Morgan fingerprint density at radius 1 is 0.763 bits per heavy atom. The van der Waals surface area contributed by atoms with E-state index in [-0.39, 0.29) is 9.79 Å². The second-order valence-electron chi connectivity index (χ2n) is 8.33. The van der Waals surface area contributed by atoms with E-state index in [1.54, 1.807) is 43.3 Å². The van der Waals surface area contributed by atoms with Gasteiger partial charge in [0.2, 0.25) is 0 Å². The molecule has 4 aromatic rings. The lowest BCUT2D eigenvalue weighted by Crippen LogP contribution is -2.26. The quantitative estimate of drug-likeness (QED) is 0.290. The second kappa shape index (κ2) is 10.9. The molecular formula is C27H24ClN3O5S2. The highest BCUT2D eigenvalue weighted by atomic mass is 35.5. The summed E-state index contributed by atoms with van der Waals surface area (Å²) in [6.07, 6.45) is 0. The van der Waals surface area contributed by atoms with E-state index < -0.39 is 26.0 Å². The van der Waals surface area contributed by atoms with Gasteiger partial charge in [-0.3, -0.25) is 13.8 Å². The lowest BCUT2D eigenvalue weighted by molar-refractivity contribution is 0.102. The van der Waals surface area contributed by atoms with Gasteiger partial charge in [0.05, 0.1) is 21.2 Å². The highest BCUT2D eigenvalue weighted by Crippen LogP contribution is 2.26. The SMILES string of the molecule is Cc1c(Cl)cccc1NS(=O)(=O)c1ccc(NC(=O)c2ccc(N(C)S(=O)(=O)c3ccccc3)cc2)cc1. The number of nitrogens with one attached hydrogen (secondary N) is 2. The molecule has 0 bridgehead atoms. The number of carbonyl (C=O) groups excluding carboxylic acids is 1. The summed E-state index contributed by atoms with van der Waals surface area (Å²) >= 11 is 6.07. The topological polar surface area (TPSA) is 113 Å². The van der Waals surface area contributed by atoms with Crippen LogP contribution in [0.25, 0.3) is 0 Å². The standard InChI is InChI=1S/C27H24ClN3O5S2/c1-19-25(28)9-6-10-26(19)30-37(33,34)23-17-13-21(14-18-23)29-27(32)20-11-15-22(16-12-20)31(2)38(35,36)24-7-4-3-5-8-24/h3-18,30H,1-2H3,(H,29,32). The number of hydrogen-bond donors (Lipinski definition) is 2. The molecule has 0 unspecified atom stereocenters. The number of rotatable bonds is 8. The molecule has 38 heavy (non-hydrogen) atoms. The van der Waals surface area contributed by atoms with Crippen molar-refractivity contribution in [1.29, 1.82) is 0 Å². The smallest absolute Gasteiger partial charge is 0.264 e. The highest BCUT2D eigenvalue weighted by Gasteiger charge is 2.21. The predicted octanol–water partition coefficient (Wildman–Crippen LogP) is 5.53. The fourth-order valence-corrected chi connectivity index (χ4v) is 6.07. The van der Waals surface area contributed by atoms with Crippen molar-refractivity contribution in [3.05, 3.63) is 113 Å². The van der Waals surface area contributed by atoms with E-state index in [0.29, 0.717) is 33.2 Å². The molecule has 0 fully saturated rings. The zero-order chi connectivity index (χ0) is 27.5. The third kappa shape index (κ3) is 5.83. The number of sulfonamides is 2. The van der Waals surface area contributed by atoms with Crippen molar-refractivity contribution in [2.24, 2.45) is 0 Å². The Labute approximate surface area is 227 Å². The van der Waals surface area contributed by atoms with Crippen LogP contribution in [0, 0.1) is 6.92 Å². The molecule has 1 amide bonds. The predicted molar refractivity (Wildman–Crippen MR) is 150 cm³/mol. The minimum absolute atomic E-state index is 0.0156. The zero-order valence-electron chi connectivity index (χ0n) is 20.4. The summed E-state index contributed by atoms with van der Waals surface area (Å²) in [4.78, 5) is 12.9. The van der Waals surface area contributed by atoms with Crippen molar-refractivity contribution in [2.45, 2.75) is 16.7 Å². The third-order valence-electron chi connectivity index (χ3n) is 5.83. The number of anilines is 3. The number of carbonyl (C=O) groups is 1. The van der Waals surface area contributed by atoms with Gasteiger partial charge in [0.1, 0.15) is 0 Å². The average Bonchev–Trinajstić information content (AvgIpc) is 2.91. The first-order valence-electron chi connectivity index (χ1n) is 11.3. The van der Waals surface area contributed by atoms with Crippen LogP contribution in [0.4, 0.5) is 17.1 Å². The minimum atomic E-state index is -3.87. The van der Waals surface area contributed by atoms with E-state index >= 15 is 0 Å². The molecule has 8 nitrogen and oxygen atoms in total. The molecule has 0 aliphatic carbocycles. The van der Waals surface area contributed by atoms with Gasteiger partial charge in [0.25, 0.3) is 26.0 Å². The molecule has 0 aliphatic rings. The van der Waals surface area contributed by atoms with E-state index in [2.05, 4.69) is 10.0 Å². The Balaban J connectivity index is 1.44. The molecule has 4 aromatic carbocycles. The van der Waals surface area contributed by atoms with Crippen LogP contribution in [-0.2, 0) is 20.0 Å². The van der Waals surface area contributed by atoms with Crippen LogP contribution in [0.1, 0.15) is 15.9 Å². The molecule has 0 spiro atoms. The van der Waals surface area contributed by atoms with Crippen LogP contribution in [0.5, 0.6) is 0 Å². The van der Waals surface area contributed by atoms with E-state index in [4.69, 9.17) is 11.6 Å². The summed E-state index contributed by atoms with van der Waals surface area (Å²) in [6.45, 7) is 1.71. The number of halogens is 1. The Morgan fingerprint density at radius 3 is 2.03 bits per heavy atom. The van der Waals surface area contributed by atoms with E-state index in [1.807, 2.05) is 0 Å². The lowest BCUT2D eigenvalue weighted by atomic mass is 10.2. The third-order valence-corrected chi connectivity index (χ3v) is 9.42. The van der Waals surface area contributed by atoms with Crippen molar-refractivity contribution >= 4 is 54.6 Å². The number of hydrogen-bond acceptors (Lipinski definition) is 5. The van der Waals surface area contributed by atoms with E-state index in [0.717, 1.165) is 4.31 Å². The Bertz CT molecular complexity index is 1680. The summed E-state index contributed by atoms with van der Waals surface area (Å²) in [6, 6.07) is 24.8. The summed E-state index contributed by atoms with van der Waals surface area (Å²) in [5.41, 5.74) is 2.06. The summed E-state index contributed by atoms with van der Waals surface area (Å²) in [5.74, 6) is -0.437. The van der Waals surface area contributed by atoms with Gasteiger partial charge in [-0.2, -0.15) is 0 Å². The first-order valence-corrected chi connectivity index (χ1v) is 14.6. The lowest BCUT2D eigenvalue weighted by Gasteiger charge is -2.19. The fraction of sp³-hybridized carbons (Fsp3) is 0.0741. The molecule has 0 saturated heterocycles. The van der Waals surface area contributed by atoms with Crippen molar-refractivity contribution in [3.8, 4) is 0 Å². The monoisotopic (exact) mass is 569 g/mol.